The summed E-state index contributed by atoms with van der Waals surface area (Å²) in [6.45, 7) is 3.55. The minimum atomic E-state index is -0.630. The number of hydrogen-bond acceptors (Lipinski definition) is 8. The van der Waals surface area contributed by atoms with E-state index in [2.05, 4.69) is 0 Å². The van der Waals surface area contributed by atoms with Crippen LogP contribution >= 0.6 is 11.8 Å². The number of imide groups is 1. The summed E-state index contributed by atoms with van der Waals surface area (Å²) in [5, 5.41) is -0.513. The van der Waals surface area contributed by atoms with Gasteiger partial charge in [-0.1, -0.05) is 12.1 Å². The van der Waals surface area contributed by atoms with Gasteiger partial charge >= 0.3 is 5.97 Å². The van der Waals surface area contributed by atoms with E-state index in [0.29, 0.717) is 37.6 Å². The lowest BCUT2D eigenvalue weighted by Crippen LogP contribution is -2.42. The fourth-order valence-electron chi connectivity index (χ4n) is 2.83. The summed E-state index contributed by atoms with van der Waals surface area (Å²) >= 11 is 0.770. The van der Waals surface area contributed by atoms with Crippen LogP contribution in [-0.2, 0) is 23.9 Å². The lowest BCUT2D eigenvalue weighted by atomic mass is 10.2. The number of ether oxygens (including phenoxy) is 3. The number of nitrogens with zero attached hydrogens (tertiary/aromatic N) is 2. The van der Waals surface area contributed by atoms with Crippen molar-refractivity contribution in [3.8, 4) is 5.75 Å². The fraction of sp³-hybridized carbons (Fsp3) is 0.400. The van der Waals surface area contributed by atoms with E-state index in [0.717, 1.165) is 16.7 Å². The number of rotatable bonds is 7. The molecule has 0 atom stereocenters. The van der Waals surface area contributed by atoms with Gasteiger partial charge in [0.25, 0.3) is 17.1 Å². The average molecular weight is 434 g/mol. The zero-order valence-corrected chi connectivity index (χ0v) is 17.3. The molecule has 0 N–H and O–H groups in total. The van der Waals surface area contributed by atoms with Crippen LogP contribution in [0.4, 0.5) is 4.79 Å². The molecule has 9 nitrogen and oxygen atoms in total. The zero-order chi connectivity index (χ0) is 21.5. The Morgan fingerprint density at radius 2 is 1.87 bits per heavy atom. The summed E-state index contributed by atoms with van der Waals surface area (Å²) in [6, 6.07) is 6.80. The Labute approximate surface area is 177 Å². The molecule has 1 aromatic carbocycles. The largest absolute Gasteiger partial charge is 0.484 e. The molecule has 2 heterocycles. The highest BCUT2D eigenvalue weighted by atomic mass is 32.2. The molecule has 2 aliphatic rings. The Kier molecular flexibility index (Phi) is 7.47. The fourth-order valence-corrected chi connectivity index (χ4v) is 3.67. The summed E-state index contributed by atoms with van der Waals surface area (Å²) in [6.07, 6.45) is 1.57. The summed E-state index contributed by atoms with van der Waals surface area (Å²) in [5.74, 6) is -0.745. The molecule has 0 bridgehead atoms. The minimum absolute atomic E-state index is 0.0634. The second-order valence-corrected chi connectivity index (χ2v) is 7.42. The first-order valence-electron chi connectivity index (χ1n) is 9.47. The van der Waals surface area contributed by atoms with E-state index >= 15 is 0 Å². The third kappa shape index (κ3) is 5.61. The van der Waals surface area contributed by atoms with Crippen LogP contribution in [0.3, 0.4) is 0 Å². The molecule has 30 heavy (non-hydrogen) atoms. The number of carbonyl (C=O) groups is 4. The molecule has 2 aliphatic heterocycles. The van der Waals surface area contributed by atoms with Crippen molar-refractivity contribution >= 4 is 40.9 Å². The van der Waals surface area contributed by atoms with Crippen LogP contribution in [0.15, 0.2) is 29.2 Å². The molecule has 0 radical (unpaired) electrons. The molecule has 160 valence electrons. The first kappa shape index (κ1) is 21.8. The molecule has 10 heteroatoms. The maximum Gasteiger partial charge on any atom is 0.326 e. The van der Waals surface area contributed by atoms with E-state index in [4.69, 9.17) is 14.2 Å². The lowest BCUT2D eigenvalue weighted by Gasteiger charge is -2.26. The van der Waals surface area contributed by atoms with Crippen LogP contribution in [0.2, 0.25) is 0 Å². The van der Waals surface area contributed by atoms with Crippen molar-refractivity contribution in [2.24, 2.45) is 0 Å². The molecule has 2 fully saturated rings. The molecule has 0 spiro atoms. The van der Waals surface area contributed by atoms with E-state index in [1.165, 1.54) is 0 Å². The monoisotopic (exact) mass is 434 g/mol. The van der Waals surface area contributed by atoms with Gasteiger partial charge in [-0.15, -0.1) is 0 Å². The highest BCUT2D eigenvalue weighted by Gasteiger charge is 2.36. The second kappa shape index (κ2) is 10.3. The van der Waals surface area contributed by atoms with Crippen LogP contribution in [0.5, 0.6) is 5.75 Å². The smallest absolute Gasteiger partial charge is 0.326 e. The standard InChI is InChI=1S/C20H22N2O7S/c1-2-28-18(24)12-22-19(25)16(30-20(22)26)11-14-3-5-15(6-4-14)29-13-17(23)21-7-9-27-10-8-21/h3-6,11H,2,7-10,12-13H2,1H3/b16-11-. The zero-order valence-electron chi connectivity index (χ0n) is 16.5. The van der Waals surface area contributed by atoms with Gasteiger partial charge in [-0.25, -0.2) is 0 Å². The van der Waals surface area contributed by atoms with Crippen LogP contribution in [0.1, 0.15) is 12.5 Å². The lowest BCUT2D eigenvalue weighted by molar-refractivity contribution is -0.146. The molecule has 3 rings (SSSR count). The van der Waals surface area contributed by atoms with Crippen LogP contribution in [-0.4, -0.2) is 78.9 Å². The van der Waals surface area contributed by atoms with Crippen molar-refractivity contribution in [2.75, 3.05) is 46.1 Å². The highest BCUT2D eigenvalue weighted by Crippen LogP contribution is 2.32. The molecule has 0 aliphatic carbocycles. The Bertz CT molecular complexity index is 847. The molecule has 1 aromatic rings. The molecule has 2 saturated heterocycles. The van der Waals surface area contributed by atoms with Gasteiger partial charge < -0.3 is 19.1 Å². The predicted molar refractivity (Wildman–Crippen MR) is 109 cm³/mol. The molecule has 0 unspecified atom stereocenters. The van der Waals surface area contributed by atoms with Crippen molar-refractivity contribution < 1.29 is 33.4 Å². The molecule has 3 amide bonds. The van der Waals surface area contributed by atoms with Crippen molar-refractivity contribution in [1.29, 1.82) is 0 Å². The summed E-state index contributed by atoms with van der Waals surface area (Å²) < 4.78 is 15.5. The van der Waals surface area contributed by atoms with Crippen molar-refractivity contribution in [3.05, 3.63) is 34.7 Å². The van der Waals surface area contributed by atoms with Crippen LogP contribution in [0, 0.1) is 0 Å². The number of esters is 1. The highest BCUT2D eigenvalue weighted by molar-refractivity contribution is 8.18. The van der Waals surface area contributed by atoms with Gasteiger partial charge in [0.15, 0.2) is 6.61 Å². The van der Waals surface area contributed by atoms with Crippen LogP contribution in [0.25, 0.3) is 6.08 Å². The Balaban J connectivity index is 1.56. The van der Waals surface area contributed by atoms with E-state index in [1.807, 2.05) is 0 Å². The molecule has 0 aromatic heterocycles. The maximum absolute atomic E-state index is 12.4. The number of carbonyl (C=O) groups excluding carboxylic acids is 4. The normalized spacial score (nSPS) is 18.1. The van der Waals surface area contributed by atoms with Gasteiger partial charge in [0.1, 0.15) is 12.3 Å². The maximum atomic E-state index is 12.4. The number of thioether (sulfide) groups is 1. The van der Waals surface area contributed by atoms with Gasteiger partial charge in [0.2, 0.25) is 0 Å². The van der Waals surface area contributed by atoms with Crippen LogP contribution < -0.4 is 4.74 Å². The SMILES string of the molecule is CCOC(=O)CN1C(=O)S/C(=C\c2ccc(OCC(=O)N3CCOCC3)cc2)C1=O. The summed E-state index contributed by atoms with van der Waals surface area (Å²) in [5.41, 5.74) is 0.684. The third-order valence-corrected chi connectivity index (χ3v) is 5.28. The van der Waals surface area contributed by atoms with E-state index < -0.39 is 23.7 Å². The van der Waals surface area contributed by atoms with E-state index in [1.54, 1.807) is 42.2 Å². The quantitative estimate of drug-likeness (QED) is 0.470. The number of hydrogen-bond donors (Lipinski definition) is 0. The van der Waals surface area contributed by atoms with Gasteiger partial charge in [-0.05, 0) is 42.5 Å². The Morgan fingerprint density at radius 3 is 2.53 bits per heavy atom. The summed E-state index contributed by atoms with van der Waals surface area (Å²) in [4.78, 5) is 50.9. The summed E-state index contributed by atoms with van der Waals surface area (Å²) in [7, 11) is 0. The van der Waals surface area contributed by atoms with Crippen molar-refractivity contribution in [2.45, 2.75) is 6.92 Å². The molecule has 0 saturated carbocycles. The molecular weight excluding hydrogens is 412 g/mol. The first-order valence-corrected chi connectivity index (χ1v) is 10.3. The number of morpholine rings is 1. The second-order valence-electron chi connectivity index (χ2n) is 6.42. The third-order valence-electron chi connectivity index (χ3n) is 4.37. The van der Waals surface area contributed by atoms with Crippen molar-refractivity contribution in [3.63, 3.8) is 0 Å². The topological polar surface area (TPSA) is 102 Å². The Morgan fingerprint density at radius 1 is 1.17 bits per heavy atom. The van der Waals surface area contributed by atoms with Gasteiger partial charge in [0.05, 0.1) is 24.7 Å². The number of benzene rings is 1. The number of amides is 3. The molecular formula is C20H22N2O7S. The van der Waals surface area contributed by atoms with Gasteiger partial charge in [-0.2, -0.15) is 0 Å². The van der Waals surface area contributed by atoms with E-state index in [9.17, 15) is 19.2 Å². The Hall–Kier alpha value is -2.85. The van der Waals surface area contributed by atoms with Gasteiger partial charge in [0, 0.05) is 13.1 Å². The average Bonchev–Trinajstić information content (AvgIpc) is 3.01. The van der Waals surface area contributed by atoms with Crippen molar-refractivity contribution in [1.82, 2.24) is 9.80 Å². The first-order chi connectivity index (χ1) is 14.5. The predicted octanol–water partition coefficient (Wildman–Crippen LogP) is 1.52. The minimum Gasteiger partial charge on any atom is -0.484 e. The van der Waals surface area contributed by atoms with E-state index in [-0.39, 0.29) is 24.0 Å². The van der Waals surface area contributed by atoms with Gasteiger partial charge in [-0.3, -0.25) is 24.1 Å².